The normalized spacial score (nSPS) is 12.4. The van der Waals surface area contributed by atoms with Gasteiger partial charge >= 0.3 is 12.1 Å². The number of aliphatic carboxylic acids is 1. The van der Waals surface area contributed by atoms with Crippen molar-refractivity contribution in [2.75, 3.05) is 18.1 Å². The van der Waals surface area contributed by atoms with Crippen molar-refractivity contribution in [2.45, 2.75) is 25.3 Å². The first-order valence-electron chi connectivity index (χ1n) is 11.1. The van der Waals surface area contributed by atoms with Crippen LogP contribution < -0.4 is 10.2 Å². The largest absolute Gasteiger partial charge is 0.480 e. The summed E-state index contributed by atoms with van der Waals surface area (Å²) in [7, 11) is 0. The lowest BCUT2D eigenvalue weighted by molar-refractivity contribution is -0.137. The molecule has 0 bridgehead atoms. The first-order chi connectivity index (χ1) is 16.7. The number of halogens is 1. The number of benzene rings is 3. The SMILES string of the molecule is CC(C)(NC(=O)OCC1c2ccccc2-c2ccccc21)C(=O)N(CC(=O)O)c1ccc(Cl)cc1. The third kappa shape index (κ3) is 5.15. The topological polar surface area (TPSA) is 95.9 Å². The highest BCUT2D eigenvalue weighted by Crippen LogP contribution is 2.44. The minimum atomic E-state index is -1.43. The van der Waals surface area contributed by atoms with Crippen molar-refractivity contribution in [3.8, 4) is 11.1 Å². The zero-order valence-corrected chi connectivity index (χ0v) is 20.1. The summed E-state index contributed by atoms with van der Waals surface area (Å²) >= 11 is 5.92. The Balaban J connectivity index is 1.46. The van der Waals surface area contributed by atoms with Crippen LogP contribution in [0.15, 0.2) is 72.8 Å². The van der Waals surface area contributed by atoms with E-state index in [1.807, 2.05) is 48.5 Å². The molecular formula is C27H25ClN2O5. The van der Waals surface area contributed by atoms with Gasteiger partial charge in [-0.1, -0.05) is 60.1 Å². The molecule has 0 radical (unpaired) electrons. The van der Waals surface area contributed by atoms with Crippen LogP contribution in [0.25, 0.3) is 11.1 Å². The summed E-state index contributed by atoms with van der Waals surface area (Å²) in [6.45, 7) is 2.53. The maximum Gasteiger partial charge on any atom is 0.408 e. The van der Waals surface area contributed by atoms with Gasteiger partial charge in [-0.05, 0) is 60.4 Å². The summed E-state index contributed by atoms with van der Waals surface area (Å²) in [5, 5.41) is 12.4. The standard InChI is InChI=1S/C27H25ClN2O5/c1-27(2,25(33)30(15-24(31)32)18-13-11-17(28)12-14-18)29-26(34)35-16-23-21-9-5-3-7-19(21)20-8-4-6-10-22(20)23/h3-14,23H,15-16H2,1-2H3,(H,29,34)(H,31,32). The van der Waals surface area contributed by atoms with Crippen LogP contribution in [0.3, 0.4) is 0 Å². The Hall–Kier alpha value is -3.84. The van der Waals surface area contributed by atoms with Gasteiger partial charge in [-0.3, -0.25) is 14.5 Å². The fraction of sp³-hybridized carbons (Fsp3) is 0.222. The quantitative estimate of drug-likeness (QED) is 0.479. The van der Waals surface area contributed by atoms with Crippen molar-refractivity contribution in [1.82, 2.24) is 5.32 Å². The fourth-order valence-electron chi connectivity index (χ4n) is 4.32. The highest BCUT2D eigenvalue weighted by atomic mass is 35.5. The molecule has 0 saturated carbocycles. The van der Waals surface area contributed by atoms with E-state index in [9.17, 15) is 19.5 Å². The van der Waals surface area contributed by atoms with E-state index in [0.717, 1.165) is 27.2 Å². The number of ether oxygens (including phenoxy) is 1. The van der Waals surface area contributed by atoms with E-state index in [4.69, 9.17) is 16.3 Å². The van der Waals surface area contributed by atoms with E-state index >= 15 is 0 Å². The van der Waals surface area contributed by atoms with E-state index in [0.29, 0.717) is 10.7 Å². The number of fused-ring (bicyclic) bond motifs is 3. The summed E-state index contributed by atoms with van der Waals surface area (Å²) in [5.74, 6) is -1.91. The van der Waals surface area contributed by atoms with E-state index < -0.39 is 30.1 Å². The van der Waals surface area contributed by atoms with Gasteiger partial charge in [-0.15, -0.1) is 0 Å². The average Bonchev–Trinajstić information content (AvgIpc) is 3.15. The Labute approximate surface area is 208 Å². The molecule has 0 saturated heterocycles. The molecule has 0 heterocycles. The first-order valence-corrected chi connectivity index (χ1v) is 11.5. The number of amides is 2. The predicted molar refractivity (Wildman–Crippen MR) is 134 cm³/mol. The molecule has 0 unspecified atom stereocenters. The molecule has 7 nitrogen and oxygen atoms in total. The smallest absolute Gasteiger partial charge is 0.408 e. The van der Waals surface area contributed by atoms with Crippen molar-refractivity contribution in [1.29, 1.82) is 0 Å². The van der Waals surface area contributed by atoms with E-state index in [2.05, 4.69) is 5.32 Å². The Bertz CT molecular complexity index is 1230. The van der Waals surface area contributed by atoms with Gasteiger partial charge < -0.3 is 15.2 Å². The summed E-state index contributed by atoms with van der Waals surface area (Å²) in [4.78, 5) is 38.5. The van der Waals surface area contributed by atoms with Crippen LogP contribution in [0.5, 0.6) is 0 Å². The Kier molecular flexibility index (Phi) is 6.80. The Morgan fingerprint density at radius 1 is 0.943 bits per heavy atom. The molecule has 35 heavy (non-hydrogen) atoms. The van der Waals surface area contributed by atoms with Gasteiger partial charge in [-0.25, -0.2) is 4.79 Å². The highest BCUT2D eigenvalue weighted by Gasteiger charge is 2.36. The number of hydrogen-bond donors (Lipinski definition) is 2. The molecule has 0 aromatic heterocycles. The van der Waals surface area contributed by atoms with Crippen LogP contribution >= 0.6 is 11.6 Å². The number of nitrogens with one attached hydrogen (secondary N) is 1. The Morgan fingerprint density at radius 3 is 2.03 bits per heavy atom. The molecular weight excluding hydrogens is 468 g/mol. The van der Waals surface area contributed by atoms with Gasteiger partial charge in [0.2, 0.25) is 0 Å². The molecule has 2 amide bonds. The van der Waals surface area contributed by atoms with Crippen LogP contribution in [0.1, 0.15) is 30.9 Å². The molecule has 1 aliphatic carbocycles. The minimum Gasteiger partial charge on any atom is -0.480 e. The lowest BCUT2D eigenvalue weighted by atomic mass is 9.98. The van der Waals surface area contributed by atoms with Gasteiger partial charge in [0.25, 0.3) is 5.91 Å². The third-order valence-corrected chi connectivity index (χ3v) is 6.22. The number of nitrogens with zero attached hydrogens (tertiary/aromatic N) is 1. The van der Waals surface area contributed by atoms with Gasteiger partial charge in [0.05, 0.1) is 0 Å². The number of carbonyl (C=O) groups excluding carboxylic acids is 2. The van der Waals surface area contributed by atoms with Crippen molar-refractivity contribution in [2.24, 2.45) is 0 Å². The first kappa shape index (κ1) is 24.3. The molecule has 3 aromatic rings. The van der Waals surface area contributed by atoms with Crippen molar-refractivity contribution < 1.29 is 24.2 Å². The highest BCUT2D eigenvalue weighted by molar-refractivity contribution is 6.30. The van der Waals surface area contributed by atoms with E-state index in [-0.39, 0.29) is 12.5 Å². The lowest BCUT2D eigenvalue weighted by Crippen LogP contribution is -2.57. The van der Waals surface area contributed by atoms with E-state index in [1.54, 1.807) is 24.3 Å². The van der Waals surface area contributed by atoms with Crippen molar-refractivity contribution in [3.63, 3.8) is 0 Å². The maximum atomic E-state index is 13.3. The minimum absolute atomic E-state index is 0.0974. The summed E-state index contributed by atoms with van der Waals surface area (Å²) < 4.78 is 5.55. The zero-order valence-electron chi connectivity index (χ0n) is 19.3. The summed E-state index contributed by atoms with van der Waals surface area (Å²) in [6, 6.07) is 22.2. The number of rotatable bonds is 7. The number of alkyl carbamates (subject to hydrolysis) is 1. The molecule has 2 N–H and O–H groups in total. The van der Waals surface area contributed by atoms with Gasteiger partial charge in [0, 0.05) is 16.6 Å². The second-order valence-electron chi connectivity index (χ2n) is 8.84. The lowest BCUT2D eigenvalue weighted by Gasteiger charge is -2.31. The molecule has 1 aliphatic rings. The molecule has 0 atom stereocenters. The average molecular weight is 493 g/mol. The second-order valence-corrected chi connectivity index (χ2v) is 9.27. The molecule has 0 aliphatic heterocycles. The molecule has 0 fully saturated rings. The summed E-state index contributed by atoms with van der Waals surface area (Å²) in [6.07, 6.45) is -0.767. The third-order valence-electron chi connectivity index (χ3n) is 5.97. The number of hydrogen-bond acceptors (Lipinski definition) is 4. The fourth-order valence-corrected chi connectivity index (χ4v) is 4.44. The predicted octanol–water partition coefficient (Wildman–Crippen LogP) is 5.07. The maximum absolute atomic E-state index is 13.3. The van der Waals surface area contributed by atoms with Crippen molar-refractivity contribution in [3.05, 3.63) is 88.9 Å². The monoisotopic (exact) mass is 492 g/mol. The van der Waals surface area contributed by atoms with Crippen LogP contribution in [-0.4, -0.2) is 41.8 Å². The molecule has 4 rings (SSSR count). The molecule has 3 aromatic carbocycles. The molecule has 0 spiro atoms. The van der Waals surface area contributed by atoms with Gasteiger partial charge in [0.1, 0.15) is 18.7 Å². The van der Waals surface area contributed by atoms with E-state index in [1.165, 1.54) is 13.8 Å². The zero-order chi connectivity index (χ0) is 25.2. The Morgan fingerprint density at radius 2 is 1.49 bits per heavy atom. The summed E-state index contributed by atoms with van der Waals surface area (Å²) in [5.41, 5.74) is 3.29. The number of carboxylic acid groups (broad SMARTS) is 1. The van der Waals surface area contributed by atoms with Crippen LogP contribution in [0.2, 0.25) is 5.02 Å². The van der Waals surface area contributed by atoms with Crippen LogP contribution in [-0.2, 0) is 14.3 Å². The van der Waals surface area contributed by atoms with Gasteiger partial charge in [0.15, 0.2) is 0 Å². The number of anilines is 1. The molecule has 8 heteroatoms. The number of carboxylic acids is 1. The van der Waals surface area contributed by atoms with Gasteiger partial charge in [-0.2, -0.15) is 0 Å². The van der Waals surface area contributed by atoms with Crippen molar-refractivity contribution >= 4 is 35.3 Å². The second kappa shape index (κ2) is 9.80. The number of carbonyl (C=O) groups is 3. The molecule has 180 valence electrons. The van der Waals surface area contributed by atoms with Crippen LogP contribution in [0.4, 0.5) is 10.5 Å². The van der Waals surface area contributed by atoms with Crippen LogP contribution in [0, 0.1) is 0 Å².